The van der Waals surface area contributed by atoms with Crippen LogP contribution in [0.15, 0.2) is 24.3 Å². The first-order valence-corrected chi connectivity index (χ1v) is 9.91. The summed E-state index contributed by atoms with van der Waals surface area (Å²) < 4.78 is 10.6. The number of benzene rings is 1. The second-order valence-corrected chi connectivity index (χ2v) is 8.01. The number of alkyl carbamates (subject to hydrolysis) is 1. The van der Waals surface area contributed by atoms with E-state index in [4.69, 9.17) is 9.47 Å². The Labute approximate surface area is 167 Å². The summed E-state index contributed by atoms with van der Waals surface area (Å²) >= 11 is 0. The van der Waals surface area contributed by atoms with Crippen molar-refractivity contribution in [2.75, 3.05) is 38.2 Å². The highest BCUT2D eigenvalue weighted by molar-refractivity contribution is 5.94. The normalized spacial score (nSPS) is 15.2. The molecule has 2 amide bonds. The molecule has 28 heavy (non-hydrogen) atoms. The van der Waals surface area contributed by atoms with E-state index < -0.39 is 11.7 Å². The summed E-state index contributed by atoms with van der Waals surface area (Å²) in [6, 6.07) is 7.69. The fraction of sp³-hybridized carbons (Fsp3) is 0.619. The number of rotatable bonds is 7. The Balaban J connectivity index is 1.68. The Morgan fingerprint density at radius 2 is 1.68 bits per heavy atom. The van der Waals surface area contributed by atoms with E-state index >= 15 is 0 Å². The molecule has 0 spiro atoms. The maximum atomic E-state index is 12.2. The highest BCUT2D eigenvalue weighted by atomic mass is 16.6. The Kier molecular flexibility index (Phi) is 8.11. The third-order valence-corrected chi connectivity index (χ3v) is 4.58. The lowest BCUT2D eigenvalue weighted by Crippen LogP contribution is -2.36. The quantitative estimate of drug-likeness (QED) is 0.699. The molecule has 0 unspecified atom stereocenters. The summed E-state index contributed by atoms with van der Waals surface area (Å²) in [5.41, 5.74) is 1.26. The SMILES string of the molecule is COC1CCN(c2ccc(C(=O)NCCCNC(=O)OC(C)(C)C)cc2)CC1. The lowest BCUT2D eigenvalue weighted by molar-refractivity contribution is 0.0527. The molecule has 0 aromatic heterocycles. The average Bonchev–Trinajstić information content (AvgIpc) is 2.66. The molecular weight excluding hydrogens is 358 g/mol. The number of hydrogen-bond acceptors (Lipinski definition) is 5. The molecule has 7 heteroatoms. The molecular formula is C21H33N3O4. The molecule has 1 heterocycles. The van der Waals surface area contributed by atoms with E-state index in [1.54, 1.807) is 7.11 Å². The fourth-order valence-corrected chi connectivity index (χ4v) is 3.07. The Morgan fingerprint density at radius 1 is 1.07 bits per heavy atom. The van der Waals surface area contributed by atoms with Gasteiger partial charge in [-0.1, -0.05) is 0 Å². The van der Waals surface area contributed by atoms with Gasteiger partial charge in [-0.05, 0) is 64.3 Å². The minimum absolute atomic E-state index is 0.109. The minimum Gasteiger partial charge on any atom is -0.444 e. The van der Waals surface area contributed by atoms with Gasteiger partial charge in [-0.25, -0.2) is 4.79 Å². The van der Waals surface area contributed by atoms with Crippen LogP contribution < -0.4 is 15.5 Å². The number of methoxy groups -OCH3 is 1. The minimum atomic E-state index is -0.510. The largest absolute Gasteiger partial charge is 0.444 e. The third-order valence-electron chi connectivity index (χ3n) is 4.58. The van der Waals surface area contributed by atoms with Crippen LogP contribution in [0.1, 0.15) is 50.4 Å². The molecule has 2 rings (SSSR count). The number of nitrogens with one attached hydrogen (secondary N) is 2. The van der Waals surface area contributed by atoms with Gasteiger partial charge in [-0.15, -0.1) is 0 Å². The highest BCUT2D eigenvalue weighted by Gasteiger charge is 2.19. The van der Waals surface area contributed by atoms with Crippen molar-refractivity contribution in [3.63, 3.8) is 0 Å². The first-order chi connectivity index (χ1) is 13.3. The van der Waals surface area contributed by atoms with Crippen molar-refractivity contribution in [1.82, 2.24) is 10.6 Å². The molecule has 0 aliphatic carbocycles. The van der Waals surface area contributed by atoms with Gasteiger partial charge in [-0.3, -0.25) is 4.79 Å². The standard InChI is InChI=1S/C21H33N3O4/c1-21(2,3)28-20(26)23-13-5-12-22-19(25)16-6-8-17(9-7-16)24-14-10-18(27-4)11-15-24/h6-9,18H,5,10-15H2,1-4H3,(H,22,25)(H,23,26). The van der Waals surface area contributed by atoms with Crippen molar-refractivity contribution in [1.29, 1.82) is 0 Å². The van der Waals surface area contributed by atoms with E-state index in [1.165, 1.54) is 0 Å². The number of carbonyl (C=O) groups excluding carboxylic acids is 2. The molecule has 0 atom stereocenters. The van der Waals surface area contributed by atoms with Crippen LogP contribution >= 0.6 is 0 Å². The van der Waals surface area contributed by atoms with Gasteiger partial charge < -0.3 is 25.0 Å². The highest BCUT2D eigenvalue weighted by Crippen LogP contribution is 2.21. The molecule has 1 fully saturated rings. The summed E-state index contributed by atoms with van der Waals surface area (Å²) in [6.07, 6.45) is 2.60. The number of ether oxygens (including phenoxy) is 2. The second-order valence-electron chi connectivity index (χ2n) is 8.01. The van der Waals surface area contributed by atoms with Crippen molar-refractivity contribution in [3.8, 4) is 0 Å². The van der Waals surface area contributed by atoms with Gasteiger partial charge in [-0.2, -0.15) is 0 Å². The zero-order valence-corrected chi connectivity index (χ0v) is 17.4. The molecule has 1 aromatic rings. The van der Waals surface area contributed by atoms with E-state index in [2.05, 4.69) is 15.5 Å². The van der Waals surface area contributed by atoms with Gasteiger partial charge in [0.05, 0.1) is 6.10 Å². The van der Waals surface area contributed by atoms with Crippen LogP contribution in [0.3, 0.4) is 0 Å². The Hall–Kier alpha value is -2.28. The molecule has 0 bridgehead atoms. The summed E-state index contributed by atoms with van der Waals surface area (Å²) in [5.74, 6) is -0.109. The number of anilines is 1. The number of carbonyl (C=O) groups is 2. The Bertz CT molecular complexity index is 632. The van der Waals surface area contributed by atoms with Crippen LogP contribution in [0.2, 0.25) is 0 Å². The van der Waals surface area contributed by atoms with E-state index in [-0.39, 0.29) is 5.91 Å². The van der Waals surface area contributed by atoms with Crippen molar-refractivity contribution in [3.05, 3.63) is 29.8 Å². The monoisotopic (exact) mass is 391 g/mol. The van der Waals surface area contributed by atoms with Gasteiger partial charge in [0.2, 0.25) is 0 Å². The summed E-state index contributed by atoms with van der Waals surface area (Å²) in [6.45, 7) is 8.33. The average molecular weight is 392 g/mol. The maximum absolute atomic E-state index is 12.2. The smallest absolute Gasteiger partial charge is 0.407 e. The van der Waals surface area contributed by atoms with Crippen molar-refractivity contribution < 1.29 is 19.1 Å². The molecule has 2 N–H and O–H groups in total. The predicted octanol–water partition coefficient (Wildman–Crippen LogP) is 2.95. The lowest BCUT2D eigenvalue weighted by atomic mass is 10.1. The molecule has 156 valence electrons. The summed E-state index contributed by atoms with van der Waals surface area (Å²) in [5, 5.41) is 5.55. The first kappa shape index (κ1) is 22.0. The Morgan fingerprint density at radius 3 is 2.25 bits per heavy atom. The number of hydrogen-bond donors (Lipinski definition) is 2. The van der Waals surface area contributed by atoms with Gasteiger partial charge >= 0.3 is 6.09 Å². The number of nitrogens with zero attached hydrogens (tertiary/aromatic N) is 1. The van der Waals surface area contributed by atoms with Crippen LogP contribution in [0.5, 0.6) is 0 Å². The number of amides is 2. The molecule has 7 nitrogen and oxygen atoms in total. The number of piperidine rings is 1. The van der Waals surface area contributed by atoms with Crippen molar-refractivity contribution >= 4 is 17.7 Å². The lowest BCUT2D eigenvalue weighted by Gasteiger charge is -2.33. The summed E-state index contributed by atoms with van der Waals surface area (Å²) in [4.78, 5) is 26.1. The van der Waals surface area contributed by atoms with E-state index in [9.17, 15) is 9.59 Å². The van der Waals surface area contributed by atoms with Crippen molar-refractivity contribution in [2.45, 2.75) is 51.7 Å². The van der Waals surface area contributed by atoms with E-state index in [0.717, 1.165) is 31.6 Å². The fourth-order valence-electron chi connectivity index (χ4n) is 3.07. The maximum Gasteiger partial charge on any atom is 0.407 e. The topological polar surface area (TPSA) is 79.9 Å². The van der Waals surface area contributed by atoms with Gasteiger partial charge in [0, 0.05) is 44.5 Å². The first-order valence-electron chi connectivity index (χ1n) is 9.91. The zero-order chi connectivity index (χ0) is 20.6. The zero-order valence-electron chi connectivity index (χ0n) is 17.4. The second kappa shape index (κ2) is 10.3. The van der Waals surface area contributed by atoms with Crippen LogP contribution in [0, 0.1) is 0 Å². The predicted molar refractivity (Wildman–Crippen MR) is 110 cm³/mol. The van der Waals surface area contributed by atoms with E-state index in [1.807, 2.05) is 45.0 Å². The molecule has 1 aromatic carbocycles. The molecule has 1 aliphatic heterocycles. The van der Waals surface area contributed by atoms with Gasteiger partial charge in [0.15, 0.2) is 0 Å². The third kappa shape index (κ3) is 7.38. The molecule has 1 aliphatic rings. The van der Waals surface area contributed by atoms with Crippen molar-refractivity contribution in [2.24, 2.45) is 0 Å². The van der Waals surface area contributed by atoms with Gasteiger partial charge in [0.25, 0.3) is 5.91 Å². The van der Waals surface area contributed by atoms with Crippen LogP contribution in [0.4, 0.5) is 10.5 Å². The van der Waals surface area contributed by atoms with Gasteiger partial charge in [0.1, 0.15) is 5.60 Å². The molecule has 0 radical (unpaired) electrons. The van der Waals surface area contributed by atoms with Crippen LogP contribution in [-0.2, 0) is 9.47 Å². The van der Waals surface area contributed by atoms with E-state index in [0.29, 0.717) is 31.2 Å². The van der Waals surface area contributed by atoms with Crippen LogP contribution in [0.25, 0.3) is 0 Å². The molecule has 0 saturated carbocycles. The molecule has 1 saturated heterocycles. The van der Waals surface area contributed by atoms with Crippen LogP contribution in [-0.4, -0.2) is 57.0 Å². The summed E-state index contributed by atoms with van der Waals surface area (Å²) in [7, 11) is 1.77.